The first-order chi connectivity index (χ1) is 0. The summed E-state index contributed by atoms with van der Waals surface area (Å²) in [6.07, 6.45) is 0. The molecule has 0 saturated heterocycles. The van der Waals surface area contributed by atoms with Gasteiger partial charge in [-0.05, 0) is 0 Å². The smallest absolute Gasteiger partial charge is 2.00 e. The maximum Gasteiger partial charge on any atom is 6.00 e. The summed E-state index contributed by atoms with van der Waals surface area (Å²) in [6.45, 7) is 0. The summed E-state index contributed by atoms with van der Waals surface area (Å²) in [4.78, 5) is 0. The van der Waals surface area contributed by atoms with E-state index in [1.165, 1.54) is 0 Å². The van der Waals surface area contributed by atoms with Gasteiger partial charge in [0.15, 0.2) is 0 Å². The molecule has 7 heteroatoms. The first kappa shape index (κ1) is 72.7. The largest absolute Gasteiger partial charge is 6.00 e. The van der Waals surface area contributed by atoms with Crippen LogP contribution in [0.3, 0.4) is 0 Å². The normalized spacial score (nSPS) is 0. The van der Waals surface area contributed by atoms with Crippen molar-refractivity contribution in [3.63, 3.8) is 0 Å². The minimum absolute atomic E-state index is 0. The average molecular weight is 332 g/mol. The van der Waals surface area contributed by atoms with Crippen molar-refractivity contribution >= 4 is 0 Å². The van der Waals surface area contributed by atoms with E-state index in [1.807, 2.05) is 0 Å². The zero-order chi connectivity index (χ0) is 0. The molecule has 0 aromatic carbocycles. The molecule has 7 heavy (non-hydrogen) atoms. The second-order valence-corrected chi connectivity index (χ2v) is 0. The molecule has 0 aliphatic carbocycles. The van der Waals surface area contributed by atoms with Crippen LogP contribution >= 0.6 is 0 Å². The van der Waals surface area contributed by atoms with Gasteiger partial charge in [-0.15, -0.1) is 0 Å². The van der Waals surface area contributed by atoms with Crippen molar-refractivity contribution in [2.24, 2.45) is 0 Å². The minimum atomic E-state index is 0. The van der Waals surface area contributed by atoms with Gasteiger partial charge in [-0.3, -0.25) is 0 Å². The van der Waals surface area contributed by atoms with Gasteiger partial charge >= 0.3 is 123 Å². The summed E-state index contributed by atoms with van der Waals surface area (Å²) in [5, 5.41) is 0. The van der Waals surface area contributed by atoms with E-state index in [2.05, 4.69) is 0 Å². The van der Waals surface area contributed by atoms with E-state index in [4.69, 9.17) is 0 Å². The van der Waals surface area contributed by atoms with E-state index in [1.54, 1.807) is 0 Å². The van der Waals surface area contributed by atoms with E-state index in [0.29, 0.717) is 0 Å². The van der Waals surface area contributed by atoms with Crippen LogP contribution < -0.4 is 103 Å². The van der Waals surface area contributed by atoms with Gasteiger partial charge in [0.25, 0.3) is 0 Å². The molecule has 0 aromatic heterocycles. The van der Waals surface area contributed by atoms with Gasteiger partial charge in [0, 0.05) is 0 Å². The van der Waals surface area contributed by atoms with Crippen LogP contribution in [0.2, 0.25) is 0 Å². The fourth-order valence-electron chi connectivity index (χ4n) is 0. The first-order valence-electron chi connectivity index (χ1n) is 0. The Labute approximate surface area is 140 Å². The molecule has 0 aliphatic rings. The van der Waals surface area contributed by atoms with E-state index in [0.717, 1.165) is 0 Å². The van der Waals surface area contributed by atoms with Crippen LogP contribution in [0.1, 0.15) is 0 Å². The molecule has 0 spiro atoms. The summed E-state index contributed by atoms with van der Waals surface area (Å²) in [6, 6.07) is 0. The van der Waals surface area contributed by atoms with Crippen LogP contribution in [-0.2, 0) is 41.7 Å². The van der Waals surface area contributed by atoms with Gasteiger partial charge in [0.2, 0.25) is 0 Å². The van der Waals surface area contributed by atoms with Gasteiger partial charge in [-0.1, -0.05) is 0 Å². The third-order valence-electron chi connectivity index (χ3n) is 0. The van der Waals surface area contributed by atoms with Crippen molar-refractivity contribution < 1.29 is 144 Å². The summed E-state index contributed by atoms with van der Waals surface area (Å²) in [5.41, 5.74) is 0. The SMILES string of the molecule is [K+].[K+].[O-2].[O-2].[O-2].[O-2].[Os+6]. The Balaban J connectivity index is 0. The number of hydrogen-bond acceptors (Lipinski definition) is 0. The van der Waals surface area contributed by atoms with E-state index < -0.39 is 0 Å². The fourth-order valence-corrected chi connectivity index (χ4v) is 0. The molecule has 0 saturated carbocycles. The van der Waals surface area contributed by atoms with Gasteiger partial charge in [0.1, 0.15) is 0 Å². The van der Waals surface area contributed by atoms with Crippen LogP contribution in [-0.4, -0.2) is 0 Å². The molecule has 34 valence electrons. The molecule has 0 radical (unpaired) electrons. The molecule has 0 atom stereocenters. The number of hydrogen-bond donors (Lipinski definition) is 0. The molecule has 4 nitrogen and oxygen atoms in total. The van der Waals surface area contributed by atoms with Crippen molar-refractivity contribution in [1.82, 2.24) is 0 Å². The monoisotopic (exact) mass is 334 g/mol. The molecule has 0 aromatic rings. The summed E-state index contributed by atoms with van der Waals surface area (Å²) < 4.78 is 0. The molecule has 0 heterocycles. The molecule has 0 amide bonds. The Hall–Kier alpha value is 3.75. The second-order valence-electron chi connectivity index (χ2n) is 0. The van der Waals surface area contributed by atoms with Crippen LogP contribution in [0.4, 0.5) is 0 Å². The maximum absolute atomic E-state index is 0. The van der Waals surface area contributed by atoms with Crippen molar-refractivity contribution in [2.45, 2.75) is 0 Å². The van der Waals surface area contributed by atoms with Crippen LogP contribution in [0.5, 0.6) is 0 Å². The third kappa shape index (κ3) is 41.6. The molecule has 0 bridgehead atoms. The maximum atomic E-state index is 0. The van der Waals surface area contributed by atoms with Gasteiger partial charge < -0.3 is 21.9 Å². The Kier molecular flexibility index (Phi) is 551. The molecule has 0 aliphatic heterocycles. The zero-order valence-electron chi connectivity index (χ0n) is 3.99. The first-order valence-corrected chi connectivity index (χ1v) is 0. The van der Waals surface area contributed by atoms with Crippen molar-refractivity contribution in [2.75, 3.05) is 0 Å². The Morgan fingerprint density at radius 2 is 0.429 bits per heavy atom. The molecular weight excluding hydrogens is 332 g/mol. The fraction of sp³-hybridized carbons (Fsp3) is 0. The van der Waals surface area contributed by atoms with Crippen LogP contribution in [0.25, 0.3) is 0 Å². The van der Waals surface area contributed by atoms with Gasteiger partial charge in [0.05, 0.1) is 0 Å². The summed E-state index contributed by atoms with van der Waals surface area (Å²) in [7, 11) is 0. The predicted molar refractivity (Wildman–Crippen MR) is 2.75 cm³/mol. The Morgan fingerprint density at radius 1 is 0.429 bits per heavy atom. The molecule has 0 rings (SSSR count). The molecule has 0 N–H and O–H groups in total. The summed E-state index contributed by atoms with van der Waals surface area (Å²) >= 11 is 0. The van der Waals surface area contributed by atoms with E-state index in [-0.39, 0.29) is 144 Å². The number of rotatable bonds is 0. The molecule has 0 fully saturated rings. The van der Waals surface area contributed by atoms with Crippen molar-refractivity contribution in [1.29, 1.82) is 0 Å². The standard InChI is InChI=1S/2K.4O.Os/q2*+1;4*-2;+6. The van der Waals surface area contributed by atoms with E-state index in [9.17, 15) is 0 Å². The molecule has 0 unspecified atom stereocenters. The quantitative estimate of drug-likeness (QED) is 0.393. The predicted octanol–water partition coefficient (Wildman–Crippen LogP) is -6.47. The second kappa shape index (κ2) is 53.1. The van der Waals surface area contributed by atoms with Crippen LogP contribution in [0, 0.1) is 0 Å². The van der Waals surface area contributed by atoms with Gasteiger partial charge in [-0.25, -0.2) is 0 Å². The average Bonchev–Trinajstić information content (AvgIpc) is 0. The Morgan fingerprint density at radius 3 is 0.429 bits per heavy atom. The van der Waals surface area contributed by atoms with Crippen LogP contribution in [0.15, 0.2) is 0 Å². The van der Waals surface area contributed by atoms with E-state index >= 15 is 0 Å². The third-order valence-corrected chi connectivity index (χ3v) is 0. The minimum Gasteiger partial charge on any atom is -2.00 e. The molecular formula is K2O4Os. The summed E-state index contributed by atoms with van der Waals surface area (Å²) in [5.74, 6) is 0. The topological polar surface area (TPSA) is 114 Å². The Bertz CT molecular complexity index is 9.65. The van der Waals surface area contributed by atoms with Crippen molar-refractivity contribution in [3.05, 3.63) is 0 Å². The zero-order valence-corrected chi connectivity index (χ0v) is 12.8. The van der Waals surface area contributed by atoms with Gasteiger partial charge in [-0.2, -0.15) is 0 Å². The van der Waals surface area contributed by atoms with Crippen molar-refractivity contribution in [3.8, 4) is 0 Å².